The molecule has 136 valence electrons. The third kappa shape index (κ3) is 4.76. The number of aliphatic hydroxyl groups is 1. The van der Waals surface area contributed by atoms with E-state index in [0.717, 1.165) is 36.1 Å². The zero-order chi connectivity index (χ0) is 18.4. The van der Waals surface area contributed by atoms with Gasteiger partial charge in [-0.15, -0.1) is 0 Å². The molecule has 1 amide bonds. The van der Waals surface area contributed by atoms with Crippen LogP contribution >= 0.6 is 0 Å². The maximum atomic E-state index is 12.6. The molecule has 25 heavy (non-hydrogen) atoms. The third-order valence-electron chi connectivity index (χ3n) is 4.70. The number of fused-ring (bicyclic) bond motifs is 1. The summed E-state index contributed by atoms with van der Waals surface area (Å²) in [6.07, 6.45) is 3.80. The second-order valence-electron chi connectivity index (χ2n) is 7.14. The van der Waals surface area contributed by atoms with Crippen molar-refractivity contribution in [3.05, 3.63) is 29.3 Å². The minimum Gasteiger partial charge on any atom is -0.394 e. The van der Waals surface area contributed by atoms with E-state index in [1.807, 2.05) is 27.0 Å². The highest BCUT2D eigenvalue weighted by Gasteiger charge is 2.32. The first-order chi connectivity index (χ1) is 12.0. The second kappa shape index (κ2) is 8.92. The van der Waals surface area contributed by atoms with Gasteiger partial charge in [-0.1, -0.05) is 45.1 Å². The monoisotopic (exact) mass is 342 g/mol. The van der Waals surface area contributed by atoms with E-state index in [1.165, 1.54) is 0 Å². The van der Waals surface area contributed by atoms with Gasteiger partial charge in [-0.05, 0) is 36.5 Å². The second-order valence-corrected chi connectivity index (χ2v) is 7.14. The lowest BCUT2D eigenvalue weighted by molar-refractivity contribution is -0.124. The summed E-state index contributed by atoms with van der Waals surface area (Å²) in [6.45, 7) is 6.20. The number of amides is 1. The molecule has 1 heterocycles. The number of likely N-dealkylation sites (N-methyl/N-ethyl adjacent to an activating group) is 1. The summed E-state index contributed by atoms with van der Waals surface area (Å²) >= 11 is 0. The molecule has 1 aliphatic rings. The topological polar surface area (TPSA) is 52.6 Å². The van der Waals surface area contributed by atoms with Crippen LogP contribution in [0, 0.1) is 17.8 Å². The van der Waals surface area contributed by atoms with Crippen molar-refractivity contribution in [1.29, 1.82) is 0 Å². The Labute approximate surface area is 151 Å². The van der Waals surface area contributed by atoms with Gasteiger partial charge >= 0.3 is 0 Å². The predicted octanol–water partition coefficient (Wildman–Crippen LogP) is 2.72. The Balaban J connectivity index is 2.40. The molecule has 2 rings (SSSR count). The largest absolute Gasteiger partial charge is 0.394 e. The molecule has 0 fully saturated rings. The quantitative estimate of drug-likeness (QED) is 0.653. The number of hydrogen-bond donors (Lipinski definition) is 2. The Morgan fingerprint density at radius 3 is 2.80 bits per heavy atom. The van der Waals surface area contributed by atoms with Gasteiger partial charge in [-0.3, -0.25) is 4.79 Å². The number of hydrogen-bond acceptors (Lipinski definition) is 3. The van der Waals surface area contributed by atoms with Crippen molar-refractivity contribution in [3.63, 3.8) is 0 Å². The molecule has 0 bridgehead atoms. The normalized spacial score (nSPS) is 20.2. The summed E-state index contributed by atoms with van der Waals surface area (Å²) in [7, 11) is 1.97. The molecule has 0 aromatic heterocycles. The molecule has 4 heteroatoms. The van der Waals surface area contributed by atoms with Crippen molar-refractivity contribution in [2.45, 2.75) is 58.5 Å². The minimum atomic E-state index is -0.267. The lowest BCUT2D eigenvalue weighted by atomic mass is 9.94. The standard InChI is InChI=1S/C21H30N2O2/c1-5-6-7-8-9-16-10-11-17-13-18(14-24)22-21(25)20(15(2)3)23(4)19(17)12-16/h10-12,15,18,20,24H,5-7,13-14H2,1-4H3,(H,22,25)/t18-,20-/m0/s1. The van der Waals surface area contributed by atoms with E-state index >= 15 is 0 Å². The van der Waals surface area contributed by atoms with E-state index < -0.39 is 0 Å². The fourth-order valence-corrected chi connectivity index (χ4v) is 3.36. The predicted molar refractivity (Wildman–Crippen MR) is 103 cm³/mol. The van der Waals surface area contributed by atoms with Crippen LogP contribution < -0.4 is 10.2 Å². The summed E-state index contributed by atoms with van der Waals surface area (Å²) in [5.74, 6) is 6.60. The van der Waals surface area contributed by atoms with Crippen LogP contribution in [0.4, 0.5) is 5.69 Å². The van der Waals surface area contributed by atoms with Gasteiger partial charge in [-0.25, -0.2) is 0 Å². The van der Waals surface area contributed by atoms with Crippen LogP contribution in [-0.4, -0.2) is 36.8 Å². The molecule has 0 aliphatic carbocycles. The van der Waals surface area contributed by atoms with E-state index in [9.17, 15) is 9.90 Å². The molecule has 2 N–H and O–H groups in total. The number of rotatable bonds is 4. The molecule has 0 saturated carbocycles. The summed E-state index contributed by atoms with van der Waals surface area (Å²) in [5.41, 5.74) is 3.14. The number of anilines is 1. The molecule has 0 saturated heterocycles. The molecule has 0 spiro atoms. The van der Waals surface area contributed by atoms with Crippen molar-refractivity contribution >= 4 is 11.6 Å². The number of nitrogens with zero attached hydrogens (tertiary/aromatic N) is 1. The highest BCUT2D eigenvalue weighted by molar-refractivity contribution is 5.86. The average Bonchev–Trinajstić information content (AvgIpc) is 2.57. The molecule has 1 aromatic carbocycles. The number of benzene rings is 1. The average molecular weight is 342 g/mol. The van der Waals surface area contributed by atoms with E-state index in [4.69, 9.17) is 0 Å². The number of carbonyl (C=O) groups is 1. The van der Waals surface area contributed by atoms with Crippen LogP contribution in [0.15, 0.2) is 18.2 Å². The van der Waals surface area contributed by atoms with Gasteiger partial charge in [0.25, 0.3) is 0 Å². The number of carbonyl (C=O) groups excluding carboxylic acids is 1. The summed E-state index contributed by atoms with van der Waals surface area (Å²) in [6, 6.07) is 5.68. The van der Waals surface area contributed by atoms with Gasteiger partial charge in [0, 0.05) is 24.7 Å². The minimum absolute atomic E-state index is 0.0263. The van der Waals surface area contributed by atoms with Gasteiger partial charge in [-0.2, -0.15) is 0 Å². The van der Waals surface area contributed by atoms with E-state index in [0.29, 0.717) is 6.42 Å². The van der Waals surface area contributed by atoms with Crippen molar-refractivity contribution < 1.29 is 9.90 Å². The van der Waals surface area contributed by atoms with Crippen molar-refractivity contribution in [2.24, 2.45) is 5.92 Å². The van der Waals surface area contributed by atoms with Crippen LogP contribution in [0.5, 0.6) is 0 Å². The van der Waals surface area contributed by atoms with Crippen LogP contribution in [0.1, 0.15) is 51.2 Å². The molecular weight excluding hydrogens is 312 g/mol. The first-order valence-electron chi connectivity index (χ1n) is 9.23. The molecule has 2 atom stereocenters. The van der Waals surface area contributed by atoms with Gasteiger partial charge in [0.15, 0.2) is 0 Å². The molecule has 1 aliphatic heterocycles. The Hall–Kier alpha value is -1.99. The van der Waals surface area contributed by atoms with Crippen LogP contribution in [0.25, 0.3) is 0 Å². The number of unbranched alkanes of at least 4 members (excludes halogenated alkanes) is 2. The zero-order valence-electron chi connectivity index (χ0n) is 15.8. The fourth-order valence-electron chi connectivity index (χ4n) is 3.36. The molecule has 0 radical (unpaired) electrons. The van der Waals surface area contributed by atoms with Crippen molar-refractivity contribution in [1.82, 2.24) is 5.32 Å². The van der Waals surface area contributed by atoms with Crippen molar-refractivity contribution in [3.8, 4) is 11.8 Å². The fraction of sp³-hybridized carbons (Fsp3) is 0.571. The smallest absolute Gasteiger partial charge is 0.243 e. The summed E-state index contributed by atoms with van der Waals surface area (Å²) in [5, 5.41) is 12.6. The van der Waals surface area contributed by atoms with E-state index in [2.05, 4.69) is 41.1 Å². The molecule has 4 nitrogen and oxygen atoms in total. The Morgan fingerprint density at radius 1 is 1.40 bits per heavy atom. The molecule has 0 unspecified atom stereocenters. The third-order valence-corrected chi connectivity index (χ3v) is 4.70. The van der Waals surface area contributed by atoms with Crippen molar-refractivity contribution in [2.75, 3.05) is 18.6 Å². The molecular formula is C21H30N2O2. The van der Waals surface area contributed by atoms with Gasteiger partial charge in [0.1, 0.15) is 6.04 Å². The highest BCUT2D eigenvalue weighted by Crippen LogP contribution is 2.28. The van der Waals surface area contributed by atoms with Crippen LogP contribution in [0.2, 0.25) is 0 Å². The van der Waals surface area contributed by atoms with Gasteiger partial charge < -0.3 is 15.3 Å². The number of nitrogens with one attached hydrogen (secondary N) is 1. The first kappa shape index (κ1) is 19.3. The summed E-state index contributed by atoms with van der Waals surface area (Å²) in [4.78, 5) is 14.7. The van der Waals surface area contributed by atoms with Crippen LogP contribution in [0.3, 0.4) is 0 Å². The summed E-state index contributed by atoms with van der Waals surface area (Å²) < 4.78 is 0. The van der Waals surface area contributed by atoms with E-state index in [1.54, 1.807) is 0 Å². The zero-order valence-corrected chi connectivity index (χ0v) is 15.8. The number of aliphatic hydroxyl groups excluding tert-OH is 1. The lowest BCUT2D eigenvalue weighted by Gasteiger charge is -2.37. The lowest BCUT2D eigenvalue weighted by Crippen LogP contribution is -2.54. The highest BCUT2D eigenvalue weighted by atomic mass is 16.3. The maximum Gasteiger partial charge on any atom is 0.243 e. The Morgan fingerprint density at radius 2 is 2.16 bits per heavy atom. The maximum absolute atomic E-state index is 12.6. The van der Waals surface area contributed by atoms with Crippen LogP contribution in [-0.2, 0) is 11.2 Å². The SMILES string of the molecule is CCCCC#Cc1ccc2c(c1)N(C)[C@@H](C(C)C)C(=O)N[C@H](CO)C2. The molecule has 1 aromatic rings. The van der Waals surface area contributed by atoms with Gasteiger partial charge in [0.2, 0.25) is 5.91 Å². The van der Waals surface area contributed by atoms with Gasteiger partial charge in [0.05, 0.1) is 12.6 Å². The van der Waals surface area contributed by atoms with E-state index in [-0.39, 0.29) is 30.5 Å². The Kier molecular flexibility index (Phi) is 6.90. The first-order valence-corrected chi connectivity index (χ1v) is 9.23. The Bertz CT molecular complexity index is 658.